The third-order valence-electron chi connectivity index (χ3n) is 4.80. The molecule has 41 heavy (non-hydrogen) atoms. The highest BCUT2D eigenvalue weighted by atomic mass is 31.1. The van der Waals surface area contributed by atoms with E-state index < -0.39 is 15.8 Å². The van der Waals surface area contributed by atoms with E-state index in [1.54, 1.807) is 0 Å². The minimum Gasteiger partial charge on any atom is -0.106 e. The molecule has 0 fully saturated rings. The first kappa shape index (κ1) is 31.2. The van der Waals surface area contributed by atoms with Crippen LogP contribution in [0.5, 0.6) is 0 Å². The zero-order chi connectivity index (χ0) is 29.7. The van der Waals surface area contributed by atoms with Crippen LogP contribution in [0.15, 0.2) is 36.4 Å². The third kappa shape index (κ3) is 11.1. The van der Waals surface area contributed by atoms with Gasteiger partial charge in [0.1, 0.15) is 0 Å². The van der Waals surface area contributed by atoms with E-state index >= 15 is 0 Å². The fourth-order valence-electron chi connectivity index (χ4n) is 3.17. The van der Waals surface area contributed by atoms with Crippen LogP contribution in [0.3, 0.4) is 0 Å². The first-order chi connectivity index (χ1) is 20.0. The van der Waals surface area contributed by atoms with Gasteiger partial charge in [-0.2, -0.15) is 0 Å². The van der Waals surface area contributed by atoms with Crippen molar-refractivity contribution in [1.29, 1.82) is 0 Å². The van der Waals surface area contributed by atoms with Crippen LogP contribution < -0.4 is 10.6 Å². The Labute approximate surface area is 247 Å². The Morgan fingerprint density at radius 3 is 1.07 bits per heavy atom. The molecule has 0 saturated heterocycles. The lowest BCUT2D eigenvalue weighted by Crippen LogP contribution is -2.14. The maximum atomic E-state index is 5.24. The van der Waals surface area contributed by atoms with Crippen LogP contribution in [0.4, 0.5) is 0 Å². The molecule has 2 heteroatoms. The van der Waals surface area contributed by atoms with Gasteiger partial charge in [0.05, 0.1) is 15.8 Å². The van der Waals surface area contributed by atoms with Gasteiger partial charge in [-0.1, -0.05) is 35.4 Å². The summed E-state index contributed by atoms with van der Waals surface area (Å²) >= 11 is 0. The molecule has 0 atom stereocenters. The van der Waals surface area contributed by atoms with Crippen molar-refractivity contribution in [3.8, 4) is 143 Å². The van der Waals surface area contributed by atoms with Gasteiger partial charge in [0, 0.05) is 10.6 Å². The molecule has 0 bridgehead atoms. The second-order valence-corrected chi connectivity index (χ2v) is 10.8. The number of terminal acetylenes is 4. The van der Waals surface area contributed by atoms with Crippen molar-refractivity contribution in [2.45, 2.75) is 20.3 Å². The van der Waals surface area contributed by atoms with E-state index in [4.69, 9.17) is 25.7 Å². The minimum absolute atomic E-state index is 0.591. The maximum absolute atomic E-state index is 5.24. The smallest absolute Gasteiger partial charge is 0.0835 e. The molecular weight excluding hydrogens is 530 g/mol. The fourth-order valence-corrected chi connectivity index (χ4v) is 5.98. The van der Waals surface area contributed by atoms with Gasteiger partial charge in [0.25, 0.3) is 0 Å². The van der Waals surface area contributed by atoms with Crippen molar-refractivity contribution in [3.05, 3.63) is 58.7 Å². The SMILES string of the molecule is C#CC#CC#CP(C#CC#CC#C)c1cc(C)ccc1Cc1ccc(C)cc1P(C#CC#CC#C)C#CC#CC#C. The first-order valence-electron chi connectivity index (χ1n) is 11.7. The van der Waals surface area contributed by atoms with E-state index in [0.717, 1.165) is 32.9 Å². The summed E-state index contributed by atoms with van der Waals surface area (Å²) in [4.78, 5) is 0. The Morgan fingerprint density at radius 1 is 0.463 bits per heavy atom. The molecule has 0 spiro atoms. The Balaban J connectivity index is 2.74. The van der Waals surface area contributed by atoms with Crippen LogP contribution in [0.1, 0.15) is 22.3 Å². The quantitative estimate of drug-likeness (QED) is 0.390. The van der Waals surface area contributed by atoms with Gasteiger partial charge >= 0.3 is 0 Å². The number of rotatable bonds is 4. The van der Waals surface area contributed by atoms with E-state index in [9.17, 15) is 0 Å². The van der Waals surface area contributed by atoms with E-state index in [0.29, 0.717) is 6.42 Å². The van der Waals surface area contributed by atoms with E-state index in [1.165, 1.54) is 0 Å². The molecular formula is C39H18P2. The summed E-state index contributed by atoms with van der Waals surface area (Å²) in [5.74, 6) is 41.2. The average molecular weight is 549 g/mol. The van der Waals surface area contributed by atoms with Crippen molar-refractivity contribution < 1.29 is 0 Å². The van der Waals surface area contributed by atoms with Gasteiger partial charge in [0.2, 0.25) is 0 Å². The number of hydrogen-bond acceptors (Lipinski definition) is 0. The van der Waals surface area contributed by atoms with Crippen molar-refractivity contribution in [1.82, 2.24) is 0 Å². The van der Waals surface area contributed by atoms with Crippen LogP contribution in [-0.2, 0) is 6.42 Å². The zero-order valence-electron chi connectivity index (χ0n) is 22.4. The van der Waals surface area contributed by atoms with E-state index in [-0.39, 0.29) is 0 Å². The van der Waals surface area contributed by atoms with Gasteiger partial charge in [-0.15, -0.1) is 25.7 Å². The van der Waals surface area contributed by atoms with Crippen LogP contribution in [0.2, 0.25) is 0 Å². The second kappa shape index (κ2) is 18.3. The molecule has 0 saturated carbocycles. The molecule has 0 aliphatic heterocycles. The normalized spacial score (nSPS) is 7.61. The molecule has 0 aliphatic carbocycles. The predicted molar refractivity (Wildman–Crippen MR) is 176 cm³/mol. The molecule has 0 aliphatic rings. The standard InChI is InChI=1S/C39H18P2/c1-7-11-15-19-27-40(28-20-16-12-8-2)38-31-34(5)23-25-36(38)33-37-26-24-35(6)32-39(37)41(29-21-17-13-9-3)30-22-18-14-10-4/h1-4,23-26,31-32H,33H2,5-6H3. The topological polar surface area (TPSA) is 0 Å². The molecule has 184 valence electrons. The lowest BCUT2D eigenvalue weighted by molar-refractivity contribution is 1.21. The monoisotopic (exact) mass is 548 g/mol. The molecule has 0 amide bonds. The number of benzene rings is 2. The highest BCUT2D eigenvalue weighted by molar-refractivity contribution is 7.75. The highest BCUT2D eigenvalue weighted by Crippen LogP contribution is 2.36. The van der Waals surface area contributed by atoms with Crippen LogP contribution in [-0.4, -0.2) is 0 Å². The second-order valence-electron chi connectivity index (χ2n) is 7.64. The van der Waals surface area contributed by atoms with Crippen LogP contribution in [0, 0.1) is 157 Å². The van der Waals surface area contributed by atoms with Gasteiger partial charge in [0.15, 0.2) is 0 Å². The fraction of sp³-hybridized carbons (Fsp3) is 0.0769. The predicted octanol–water partition coefficient (Wildman–Crippen LogP) is 4.50. The zero-order valence-corrected chi connectivity index (χ0v) is 24.2. The van der Waals surface area contributed by atoms with Crippen molar-refractivity contribution >= 4 is 26.5 Å². The largest absolute Gasteiger partial charge is 0.106 e. The summed E-state index contributed by atoms with van der Waals surface area (Å²) in [7, 11) is -2.54. The van der Waals surface area contributed by atoms with Crippen molar-refractivity contribution in [3.63, 3.8) is 0 Å². The number of hydrogen-bond donors (Lipinski definition) is 0. The molecule has 0 nitrogen and oxygen atoms in total. The summed E-state index contributed by atoms with van der Waals surface area (Å²) in [5, 5.41) is 2.00. The molecule has 0 heterocycles. The Bertz CT molecular complexity index is 1780. The van der Waals surface area contributed by atoms with Crippen molar-refractivity contribution in [2.75, 3.05) is 0 Å². The number of aryl methyl sites for hydroxylation is 2. The van der Waals surface area contributed by atoms with E-state index in [2.05, 4.69) is 154 Å². The molecule has 0 radical (unpaired) electrons. The molecule has 0 aromatic heterocycles. The van der Waals surface area contributed by atoms with Crippen LogP contribution in [0.25, 0.3) is 0 Å². The lowest BCUT2D eigenvalue weighted by atomic mass is 10.0. The summed E-state index contributed by atoms with van der Waals surface area (Å²) in [6.45, 7) is 4.04. The van der Waals surface area contributed by atoms with Gasteiger partial charge in [-0.25, -0.2) is 0 Å². The van der Waals surface area contributed by atoms with Gasteiger partial charge in [-0.05, 0) is 161 Å². The summed E-state index contributed by atoms with van der Waals surface area (Å²) < 4.78 is 0. The minimum atomic E-state index is -1.27. The van der Waals surface area contributed by atoms with Crippen LogP contribution >= 0.6 is 15.8 Å². The Kier molecular flexibility index (Phi) is 13.9. The summed E-state index contributed by atoms with van der Waals surface area (Å²) in [6.07, 6.45) is 21.5. The molecule has 2 aromatic rings. The van der Waals surface area contributed by atoms with E-state index in [1.807, 2.05) is 13.8 Å². The summed E-state index contributed by atoms with van der Waals surface area (Å²) in [6, 6.07) is 12.5. The molecule has 0 N–H and O–H groups in total. The first-order valence-corrected chi connectivity index (χ1v) is 14.4. The molecule has 0 unspecified atom stereocenters. The molecule has 2 rings (SSSR count). The summed E-state index contributed by atoms with van der Waals surface area (Å²) in [5.41, 5.74) is 17.0. The highest BCUT2D eigenvalue weighted by Gasteiger charge is 2.17. The van der Waals surface area contributed by atoms with Crippen molar-refractivity contribution in [2.24, 2.45) is 0 Å². The average Bonchev–Trinajstić information content (AvgIpc) is 2.97. The van der Waals surface area contributed by atoms with Gasteiger partial charge < -0.3 is 0 Å². The maximum Gasteiger partial charge on any atom is 0.0835 e. The Hall–Kier alpha value is -5.98. The Morgan fingerprint density at radius 2 is 0.780 bits per heavy atom. The van der Waals surface area contributed by atoms with Gasteiger partial charge in [-0.3, -0.25) is 0 Å². The lowest BCUT2D eigenvalue weighted by Gasteiger charge is -2.16. The molecule has 2 aromatic carbocycles. The third-order valence-corrected chi connectivity index (χ3v) is 7.94.